The molecule has 1 heterocycles. The normalized spacial score (nSPS) is 19.0. The van der Waals surface area contributed by atoms with E-state index in [1.165, 1.54) is 0 Å². The number of anilines is 1. The van der Waals surface area contributed by atoms with Crippen LogP contribution in [0.25, 0.3) is 0 Å². The molecule has 1 aliphatic heterocycles. The van der Waals surface area contributed by atoms with E-state index in [0.717, 1.165) is 11.4 Å². The molecule has 0 radical (unpaired) electrons. The minimum atomic E-state index is -0.405. The molecule has 1 aromatic rings. The first-order valence-corrected chi connectivity index (χ1v) is 5.81. The van der Waals surface area contributed by atoms with Crippen molar-refractivity contribution in [3.63, 3.8) is 0 Å². The van der Waals surface area contributed by atoms with Crippen LogP contribution in [0.3, 0.4) is 0 Å². The van der Waals surface area contributed by atoms with Crippen molar-refractivity contribution in [2.24, 2.45) is 0 Å². The highest BCUT2D eigenvalue weighted by atomic mass is 16.5. The fourth-order valence-corrected chi connectivity index (χ4v) is 2.09. The fraction of sp³-hybridized carbons (Fsp3) is 0.385. The summed E-state index contributed by atoms with van der Waals surface area (Å²) in [5.41, 5.74) is 0.936. The smallest absolute Gasteiger partial charge is 0.243 e. The van der Waals surface area contributed by atoms with Gasteiger partial charge in [0.2, 0.25) is 5.91 Å². The van der Waals surface area contributed by atoms with Crippen molar-refractivity contribution in [2.75, 3.05) is 25.1 Å². The van der Waals surface area contributed by atoms with Gasteiger partial charge in [0, 0.05) is 18.8 Å². The van der Waals surface area contributed by atoms with E-state index in [4.69, 9.17) is 10.00 Å². The van der Waals surface area contributed by atoms with Gasteiger partial charge in [-0.3, -0.25) is 4.79 Å². The standard InChI is InChI=1S/C13H15N3O2/c1-18-11-4-2-10(3-5-11)16-9-8-15-13(17)12(16)6-7-14/h2-5,12H,6,8-9H2,1H3,(H,15,17). The van der Waals surface area contributed by atoms with E-state index in [9.17, 15) is 4.79 Å². The number of piperazine rings is 1. The monoisotopic (exact) mass is 245 g/mol. The van der Waals surface area contributed by atoms with E-state index in [1.54, 1.807) is 7.11 Å². The molecule has 1 N–H and O–H groups in total. The predicted octanol–water partition coefficient (Wildman–Crippen LogP) is 0.914. The number of carbonyl (C=O) groups is 1. The Morgan fingerprint density at radius 1 is 1.50 bits per heavy atom. The van der Waals surface area contributed by atoms with E-state index >= 15 is 0 Å². The Balaban J connectivity index is 2.22. The Morgan fingerprint density at radius 3 is 2.83 bits per heavy atom. The molecule has 5 heteroatoms. The number of amides is 1. The number of rotatable bonds is 3. The van der Waals surface area contributed by atoms with Crippen LogP contribution in [0.1, 0.15) is 6.42 Å². The number of nitriles is 1. The second-order valence-corrected chi connectivity index (χ2v) is 4.06. The highest BCUT2D eigenvalue weighted by Crippen LogP contribution is 2.23. The van der Waals surface area contributed by atoms with Crippen molar-refractivity contribution < 1.29 is 9.53 Å². The number of methoxy groups -OCH3 is 1. The topological polar surface area (TPSA) is 65.4 Å². The first kappa shape index (κ1) is 12.2. The van der Waals surface area contributed by atoms with Gasteiger partial charge in [-0.2, -0.15) is 5.26 Å². The molecule has 1 amide bonds. The molecule has 5 nitrogen and oxygen atoms in total. The summed E-state index contributed by atoms with van der Waals surface area (Å²) in [4.78, 5) is 13.7. The van der Waals surface area contributed by atoms with Crippen LogP contribution in [0.2, 0.25) is 0 Å². The van der Waals surface area contributed by atoms with E-state index < -0.39 is 6.04 Å². The third-order valence-electron chi connectivity index (χ3n) is 3.02. The molecule has 1 saturated heterocycles. The van der Waals surface area contributed by atoms with Gasteiger partial charge < -0.3 is 15.0 Å². The maximum atomic E-state index is 11.8. The van der Waals surface area contributed by atoms with Gasteiger partial charge in [-0.05, 0) is 24.3 Å². The van der Waals surface area contributed by atoms with Gasteiger partial charge in [-0.25, -0.2) is 0 Å². The van der Waals surface area contributed by atoms with Gasteiger partial charge in [-0.15, -0.1) is 0 Å². The van der Waals surface area contributed by atoms with Crippen LogP contribution < -0.4 is 15.0 Å². The van der Waals surface area contributed by atoms with Crippen LogP contribution in [-0.2, 0) is 4.79 Å². The average Bonchev–Trinajstić information content (AvgIpc) is 2.41. The van der Waals surface area contributed by atoms with E-state index in [2.05, 4.69) is 11.4 Å². The lowest BCUT2D eigenvalue weighted by Crippen LogP contribution is -2.55. The molecule has 1 aliphatic rings. The molecule has 0 saturated carbocycles. The number of carbonyl (C=O) groups excluding carboxylic acids is 1. The molecular weight excluding hydrogens is 230 g/mol. The summed E-state index contributed by atoms with van der Waals surface area (Å²) in [6.07, 6.45) is 0.192. The number of ether oxygens (including phenoxy) is 1. The van der Waals surface area contributed by atoms with Crippen molar-refractivity contribution >= 4 is 11.6 Å². The summed E-state index contributed by atoms with van der Waals surface area (Å²) in [5, 5.41) is 11.6. The van der Waals surface area contributed by atoms with Gasteiger partial charge in [0.05, 0.1) is 19.6 Å². The zero-order valence-electron chi connectivity index (χ0n) is 10.2. The van der Waals surface area contributed by atoms with Gasteiger partial charge in [-0.1, -0.05) is 0 Å². The minimum Gasteiger partial charge on any atom is -0.497 e. The SMILES string of the molecule is COc1ccc(N2CCNC(=O)C2CC#N)cc1. The molecule has 1 aromatic carbocycles. The molecule has 1 fully saturated rings. The molecule has 1 unspecified atom stereocenters. The Morgan fingerprint density at radius 2 is 2.22 bits per heavy atom. The second-order valence-electron chi connectivity index (χ2n) is 4.06. The summed E-state index contributed by atoms with van der Waals surface area (Å²) in [5.74, 6) is 0.690. The van der Waals surface area contributed by atoms with Gasteiger partial charge >= 0.3 is 0 Å². The van der Waals surface area contributed by atoms with Gasteiger partial charge in [0.1, 0.15) is 11.8 Å². The summed E-state index contributed by atoms with van der Waals surface area (Å²) in [6, 6.07) is 9.17. The van der Waals surface area contributed by atoms with E-state index in [0.29, 0.717) is 13.1 Å². The van der Waals surface area contributed by atoms with Crippen LogP contribution in [0.4, 0.5) is 5.69 Å². The van der Waals surface area contributed by atoms with Crippen molar-refractivity contribution in [3.05, 3.63) is 24.3 Å². The third kappa shape index (κ3) is 2.38. The largest absolute Gasteiger partial charge is 0.497 e. The van der Waals surface area contributed by atoms with Gasteiger partial charge in [0.15, 0.2) is 0 Å². The van der Waals surface area contributed by atoms with Crippen molar-refractivity contribution in [2.45, 2.75) is 12.5 Å². The van der Waals surface area contributed by atoms with E-state index in [-0.39, 0.29) is 12.3 Å². The van der Waals surface area contributed by atoms with Crippen LogP contribution in [0, 0.1) is 11.3 Å². The maximum Gasteiger partial charge on any atom is 0.243 e. The number of hydrogen-bond acceptors (Lipinski definition) is 4. The Kier molecular flexibility index (Phi) is 3.68. The summed E-state index contributed by atoms with van der Waals surface area (Å²) < 4.78 is 5.10. The summed E-state index contributed by atoms with van der Waals surface area (Å²) in [6.45, 7) is 1.32. The first-order chi connectivity index (χ1) is 8.76. The Bertz CT molecular complexity index is 464. The lowest BCUT2D eigenvalue weighted by molar-refractivity contribution is -0.123. The predicted molar refractivity (Wildman–Crippen MR) is 67.4 cm³/mol. The zero-order chi connectivity index (χ0) is 13.0. The lowest BCUT2D eigenvalue weighted by atomic mass is 10.1. The molecule has 2 rings (SSSR count). The van der Waals surface area contributed by atoms with E-state index in [1.807, 2.05) is 29.2 Å². The average molecular weight is 245 g/mol. The molecular formula is C13H15N3O2. The molecule has 0 bridgehead atoms. The number of nitrogens with zero attached hydrogens (tertiary/aromatic N) is 2. The fourth-order valence-electron chi connectivity index (χ4n) is 2.09. The maximum absolute atomic E-state index is 11.8. The Labute approximate surface area is 106 Å². The molecule has 0 spiro atoms. The molecule has 18 heavy (non-hydrogen) atoms. The highest BCUT2D eigenvalue weighted by molar-refractivity contribution is 5.86. The molecule has 0 aliphatic carbocycles. The van der Waals surface area contributed by atoms with Crippen molar-refractivity contribution in [1.82, 2.24) is 5.32 Å². The van der Waals surface area contributed by atoms with Gasteiger partial charge in [0.25, 0.3) is 0 Å². The molecule has 94 valence electrons. The van der Waals surface area contributed by atoms with Crippen LogP contribution in [-0.4, -0.2) is 32.1 Å². The third-order valence-corrected chi connectivity index (χ3v) is 3.02. The summed E-state index contributed by atoms with van der Waals surface area (Å²) >= 11 is 0. The quantitative estimate of drug-likeness (QED) is 0.859. The first-order valence-electron chi connectivity index (χ1n) is 5.81. The summed E-state index contributed by atoms with van der Waals surface area (Å²) in [7, 11) is 1.61. The van der Waals surface area contributed by atoms with Crippen molar-refractivity contribution in [3.8, 4) is 11.8 Å². The molecule has 1 atom stereocenters. The minimum absolute atomic E-state index is 0.0846. The number of nitrogens with one attached hydrogen (secondary N) is 1. The zero-order valence-corrected chi connectivity index (χ0v) is 10.2. The highest BCUT2D eigenvalue weighted by Gasteiger charge is 2.29. The van der Waals surface area contributed by atoms with Crippen molar-refractivity contribution in [1.29, 1.82) is 5.26 Å². The van der Waals surface area contributed by atoms with Crippen LogP contribution in [0.15, 0.2) is 24.3 Å². The number of hydrogen-bond donors (Lipinski definition) is 1. The Hall–Kier alpha value is -2.22. The lowest BCUT2D eigenvalue weighted by Gasteiger charge is -2.35. The second kappa shape index (κ2) is 5.41. The molecule has 0 aromatic heterocycles. The van der Waals surface area contributed by atoms with Crippen LogP contribution in [0.5, 0.6) is 5.75 Å². The van der Waals surface area contributed by atoms with Crippen LogP contribution >= 0.6 is 0 Å². The number of benzene rings is 1.